The monoisotopic (exact) mass is 1050 g/mol. The average Bonchev–Trinajstić information content (AvgIpc) is 4.33. The van der Waals surface area contributed by atoms with Gasteiger partial charge in [-0.15, -0.1) is 0 Å². The predicted octanol–water partition coefficient (Wildman–Crippen LogP) is 19.6. The Labute approximate surface area is 472 Å². The third-order valence-corrected chi connectivity index (χ3v) is 16.3. The molecule has 6 nitrogen and oxygen atoms in total. The molecule has 0 fully saturated rings. The van der Waals surface area contributed by atoms with Crippen LogP contribution in [0.4, 0.5) is 0 Å². The van der Waals surface area contributed by atoms with Crippen molar-refractivity contribution in [3.63, 3.8) is 0 Å². The third kappa shape index (κ3) is 7.65. The van der Waals surface area contributed by atoms with Gasteiger partial charge in [0.25, 0.3) is 0 Å². The zero-order chi connectivity index (χ0) is 54.1. The molecule has 6 heteroatoms. The van der Waals surface area contributed by atoms with E-state index in [0.717, 1.165) is 33.9 Å². The predicted molar refractivity (Wildman–Crippen MR) is 342 cm³/mol. The van der Waals surface area contributed by atoms with Gasteiger partial charge in [0.15, 0.2) is 0 Å². The Morgan fingerprint density at radius 2 is 0.573 bits per heavy atom. The van der Waals surface area contributed by atoms with Crippen molar-refractivity contribution in [2.45, 2.75) is 0 Å². The van der Waals surface area contributed by atoms with Crippen molar-refractivity contribution in [1.29, 1.82) is 0 Å². The summed E-state index contributed by atoms with van der Waals surface area (Å²) in [6, 6.07) is 104. The molecule has 0 amide bonds. The molecule has 6 heterocycles. The molecule has 0 spiro atoms. The van der Waals surface area contributed by atoms with Crippen molar-refractivity contribution < 1.29 is 0 Å². The molecule has 0 saturated heterocycles. The minimum Gasteiger partial charge on any atom is -0.309 e. The number of aromatic nitrogens is 6. The second kappa shape index (κ2) is 19.4. The van der Waals surface area contributed by atoms with Crippen LogP contribution in [0.1, 0.15) is 0 Å². The first-order valence-electron chi connectivity index (χ1n) is 27.9. The van der Waals surface area contributed by atoms with Gasteiger partial charge in [-0.1, -0.05) is 170 Å². The first-order valence-corrected chi connectivity index (χ1v) is 27.9. The summed E-state index contributed by atoms with van der Waals surface area (Å²) < 4.78 is 9.59. The lowest BCUT2D eigenvalue weighted by Crippen LogP contribution is -1.99. The summed E-state index contributed by atoms with van der Waals surface area (Å²) >= 11 is 0. The van der Waals surface area contributed by atoms with Gasteiger partial charge in [-0.2, -0.15) is 0 Å². The Balaban J connectivity index is 0.000000136. The summed E-state index contributed by atoms with van der Waals surface area (Å²) in [5.41, 5.74) is 20.7. The highest BCUT2D eigenvalue weighted by Crippen LogP contribution is 2.43. The van der Waals surface area contributed by atoms with Gasteiger partial charge in [0.05, 0.1) is 55.5 Å². The first-order chi connectivity index (χ1) is 40.7. The molecule has 0 N–H and O–H groups in total. The Morgan fingerprint density at radius 3 is 1.06 bits per heavy atom. The lowest BCUT2D eigenvalue weighted by atomic mass is 10.0. The normalized spacial score (nSPS) is 11.7. The van der Waals surface area contributed by atoms with E-state index in [1.807, 2.05) is 24.5 Å². The number of hydrogen-bond donors (Lipinski definition) is 0. The van der Waals surface area contributed by atoms with Crippen LogP contribution in [0, 0.1) is 0 Å². The van der Waals surface area contributed by atoms with E-state index in [1.54, 1.807) is 0 Å². The number of para-hydroxylation sites is 7. The smallest absolute Gasteiger partial charge is 0.0788 e. The SMILES string of the molecule is c1ccc(-n2c3ccccc3c3cc(-c4ccc5c(c4)c4ccccc4n5-c4ccccc4)ccc32)cc1.c1ccc(-n2c3ccccc3c3ccc4c5ccccc5n(-c5cccc(-c6cccc(-c7ccncc7)n6)c5)c4c32)cc1. The summed E-state index contributed by atoms with van der Waals surface area (Å²) in [5, 5.41) is 10.0. The van der Waals surface area contributed by atoms with E-state index in [1.165, 1.54) is 110 Å². The molecule has 0 aliphatic heterocycles. The minimum absolute atomic E-state index is 0.932. The molecule has 0 atom stereocenters. The number of rotatable bonds is 7. The van der Waals surface area contributed by atoms with E-state index in [2.05, 4.69) is 302 Å². The van der Waals surface area contributed by atoms with Crippen molar-refractivity contribution in [2.75, 3.05) is 0 Å². The van der Waals surface area contributed by atoms with Crippen molar-refractivity contribution in [1.82, 2.24) is 28.2 Å². The van der Waals surface area contributed by atoms with E-state index in [0.29, 0.717) is 0 Å². The van der Waals surface area contributed by atoms with Crippen LogP contribution in [0.5, 0.6) is 0 Å². The molecule has 384 valence electrons. The highest BCUT2D eigenvalue weighted by atomic mass is 15.0. The maximum Gasteiger partial charge on any atom is 0.0788 e. The van der Waals surface area contributed by atoms with Gasteiger partial charge in [-0.25, -0.2) is 4.98 Å². The lowest BCUT2D eigenvalue weighted by Gasteiger charge is -2.13. The van der Waals surface area contributed by atoms with Crippen molar-refractivity contribution in [3.05, 3.63) is 304 Å². The standard InChI is InChI=1S/C40H26N4.C36H24N2/c1-2-11-29(12-3-1)43-37-18-6-4-14-31(37)33-20-21-34-32-15-5-7-19-38(32)44(40(34)39(33)43)30-13-8-10-28(26-30)36-17-9-16-35(42-36)27-22-24-41-25-23-27;1-3-11-27(12-4-1)37-33-17-9-7-15-29(33)31-23-25(19-21-35(31)37)26-20-22-36-32(24-26)30-16-8-10-18-34(30)38(36)28-13-5-2-6-14-28/h1-26H;1-24H. The fraction of sp³-hybridized carbons (Fsp3) is 0. The fourth-order valence-corrected chi connectivity index (χ4v) is 12.7. The number of fused-ring (bicyclic) bond motifs is 13. The molecule has 17 aromatic rings. The Morgan fingerprint density at radius 1 is 0.207 bits per heavy atom. The molecule has 0 saturated carbocycles. The van der Waals surface area contributed by atoms with Crippen LogP contribution in [-0.4, -0.2) is 28.2 Å². The van der Waals surface area contributed by atoms with E-state index >= 15 is 0 Å². The van der Waals surface area contributed by atoms with Crippen molar-refractivity contribution in [2.24, 2.45) is 0 Å². The van der Waals surface area contributed by atoms with E-state index in [9.17, 15) is 0 Å². The zero-order valence-corrected chi connectivity index (χ0v) is 44.6. The van der Waals surface area contributed by atoms with Crippen LogP contribution in [0.3, 0.4) is 0 Å². The zero-order valence-electron chi connectivity index (χ0n) is 44.6. The molecule has 6 aromatic heterocycles. The van der Waals surface area contributed by atoms with Crippen molar-refractivity contribution in [3.8, 4) is 56.4 Å². The van der Waals surface area contributed by atoms with Crippen LogP contribution in [0.25, 0.3) is 144 Å². The summed E-state index contributed by atoms with van der Waals surface area (Å²) in [4.78, 5) is 9.22. The number of hydrogen-bond acceptors (Lipinski definition) is 2. The summed E-state index contributed by atoms with van der Waals surface area (Å²) in [6.45, 7) is 0. The highest BCUT2D eigenvalue weighted by molar-refractivity contribution is 6.24. The third-order valence-electron chi connectivity index (χ3n) is 16.3. The van der Waals surface area contributed by atoms with Gasteiger partial charge < -0.3 is 18.3 Å². The maximum absolute atomic E-state index is 5.05. The van der Waals surface area contributed by atoms with Crippen LogP contribution < -0.4 is 0 Å². The first kappa shape index (κ1) is 47.0. The van der Waals surface area contributed by atoms with E-state index in [-0.39, 0.29) is 0 Å². The molecular formula is C76H50N6. The van der Waals surface area contributed by atoms with Gasteiger partial charge in [-0.3, -0.25) is 4.98 Å². The van der Waals surface area contributed by atoms with Crippen LogP contribution in [-0.2, 0) is 0 Å². The van der Waals surface area contributed by atoms with Crippen molar-refractivity contribution >= 4 is 87.2 Å². The second-order valence-electron chi connectivity index (χ2n) is 20.9. The number of pyridine rings is 2. The van der Waals surface area contributed by atoms with Gasteiger partial charge in [0.2, 0.25) is 0 Å². The summed E-state index contributed by atoms with van der Waals surface area (Å²) in [6.07, 6.45) is 3.62. The largest absolute Gasteiger partial charge is 0.309 e. The molecular weight excluding hydrogens is 997 g/mol. The van der Waals surface area contributed by atoms with Crippen LogP contribution in [0.2, 0.25) is 0 Å². The number of benzene rings is 11. The Hall–Kier alpha value is -11.1. The molecule has 0 radical (unpaired) electrons. The fourth-order valence-electron chi connectivity index (χ4n) is 12.7. The van der Waals surface area contributed by atoms with Crippen LogP contribution >= 0.6 is 0 Å². The van der Waals surface area contributed by atoms with E-state index < -0.39 is 0 Å². The molecule has 17 rings (SSSR count). The Bertz CT molecular complexity index is 5110. The average molecular weight is 1050 g/mol. The van der Waals surface area contributed by atoms with E-state index in [4.69, 9.17) is 4.98 Å². The van der Waals surface area contributed by atoms with Gasteiger partial charge in [0.1, 0.15) is 0 Å². The molecule has 0 bridgehead atoms. The van der Waals surface area contributed by atoms with Gasteiger partial charge in [0, 0.05) is 89.4 Å². The maximum atomic E-state index is 5.05. The molecule has 0 unspecified atom stereocenters. The van der Waals surface area contributed by atoms with Crippen LogP contribution in [0.15, 0.2) is 304 Å². The highest BCUT2D eigenvalue weighted by Gasteiger charge is 2.22. The topological polar surface area (TPSA) is 45.5 Å². The molecule has 0 aliphatic carbocycles. The van der Waals surface area contributed by atoms with Gasteiger partial charge >= 0.3 is 0 Å². The number of nitrogens with zero attached hydrogens (tertiary/aromatic N) is 6. The molecule has 82 heavy (non-hydrogen) atoms. The second-order valence-corrected chi connectivity index (χ2v) is 20.9. The summed E-state index contributed by atoms with van der Waals surface area (Å²) in [5.74, 6) is 0. The molecule has 11 aromatic carbocycles. The summed E-state index contributed by atoms with van der Waals surface area (Å²) in [7, 11) is 0. The lowest BCUT2D eigenvalue weighted by molar-refractivity contribution is 1.15. The quantitative estimate of drug-likeness (QED) is 0.160. The Kier molecular flexibility index (Phi) is 11.1. The minimum atomic E-state index is 0.932. The van der Waals surface area contributed by atoms with Gasteiger partial charge in [-0.05, 0) is 132 Å². The molecule has 0 aliphatic rings.